The summed E-state index contributed by atoms with van der Waals surface area (Å²) in [7, 11) is -0.851. The molecule has 11 heteroatoms. The number of methoxy groups -OCH3 is 1. The lowest BCUT2D eigenvalue weighted by Crippen LogP contribution is -2.32. The lowest BCUT2D eigenvalue weighted by molar-refractivity contribution is 0.150. The molecule has 2 atom stereocenters. The zero-order valence-electron chi connectivity index (χ0n) is 19.4. The molecule has 2 aliphatic rings. The third kappa shape index (κ3) is 6.79. The SMILES string of the molecule is COCCN1CCc2ccc(Nc3ncc(Cl)c(NC4CCCC4CN[SH](=O)=O)n3)cc2CC1. The van der Waals surface area contributed by atoms with Gasteiger partial charge in [-0.1, -0.05) is 24.1 Å². The van der Waals surface area contributed by atoms with Crippen LogP contribution in [0.1, 0.15) is 30.4 Å². The highest BCUT2D eigenvalue weighted by Crippen LogP contribution is 2.31. The summed E-state index contributed by atoms with van der Waals surface area (Å²) in [6, 6.07) is 6.54. The molecule has 0 saturated heterocycles. The Kier molecular flexibility index (Phi) is 8.96. The van der Waals surface area contributed by atoms with Crippen molar-refractivity contribution in [1.82, 2.24) is 19.6 Å². The number of thiol groups is 1. The molecule has 34 heavy (non-hydrogen) atoms. The summed E-state index contributed by atoms with van der Waals surface area (Å²) in [4.78, 5) is 11.4. The molecule has 2 aromatic rings. The maximum Gasteiger partial charge on any atom is 0.229 e. The van der Waals surface area contributed by atoms with Gasteiger partial charge in [-0.15, -0.1) is 0 Å². The van der Waals surface area contributed by atoms with Gasteiger partial charge < -0.3 is 20.3 Å². The Morgan fingerprint density at radius 1 is 1.21 bits per heavy atom. The molecule has 1 aromatic carbocycles. The van der Waals surface area contributed by atoms with Gasteiger partial charge in [0.25, 0.3) is 0 Å². The van der Waals surface area contributed by atoms with Gasteiger partial charge in [-0.25, -0.2) is 18.1 Å². The maximum atomic E-state index is 10.9. The molecule has 0 radical (unpaired) electrons. The van der Waals surface area contributed by atoms with E-state index in [-0.39, 0.29) is 12.0 Å². The second kappa shape index (κ2) is 12.1. The summed E-state index contributed by atoms with van der Waals surface area (Å²) in [6.07, 6.45) is 6.55. The summed E-state index contributed by atoms with van der Waals surface area (Å²) >= 11 is 6.37. The second-order valence-corrected chi connectivity index (χ2v) is 10.1. The molecule has 1 aromatic heterocycles. The molecule has 9 nitrogen and oxygen atoms in total. The van der Waals surface area contributed by atoms with Crippen molar-refractivity contribution < 1.29 is 13.2 Å². The molecular formula is C23H33ClN6O3S. The Bertz CT molecular complexity index is 1050. The molecule has 0 amide bonds. The fourth-order valence-corrected chi connectivity index (χ4v) is 5.32. The smallest absolute Gasteiger partial charge is 0.229 e. The van der Waals surface area contributed by atoms with Gasteiger partial charge in [0.1, 0.15) is 5.02 Å². The zero-order chi connectivity index (χ0) is 23.9. The molecule has 3 N–H and O–H groups in total. The van der Waals surface area contributed by atoms with Crippen LogP contribution in [0.15, 0.2) is 24.4 Å². The molecule has 0 bridgehead atoms. The first-order valence-electron chi connectivity index (χ1n) is 11.8. The molecule has 2 heterocycles. The van der Waals surface area contributed by atoms with Crippen LogP contribution in [0.2, 0.25) is 5.02 Å². The van der Waals surface area contributed by atoms with E-state index < -0.39 is 10.9 Å². The topological polar surface area (TPSA) is 108 Å². The van der Waals surface area contributed by atoms with Crippen LogP contribution in [0.4, 0.5) is 17.5 Å². The minimum Gasteiger partial charge on any atom is -0.383 e. The van der Waals surface area contributed by atoms with E-state index in [1.165, 1.54) is 11.1 Å². The highest BCUT2D eigenvalue weighted by atomic mass is 35.5. The van der Waals surface area contributed by atoms with Gasteiger partial charge in [0, 0.05) is 45.0 Å². The number of nitrogens with one attached hydrogen (secondary N) is 3. The van der Waals surface area contributed by atoms with E-state index >= 15 is 0 Å². The molecule has 1 fully saturated rings. The Labute approximate surface area is 207 Å². The Hall–Kier alpha value is -1.98. The van der Waals surface area contributed by atoms with Gasteiger partial charge >= 0.3 is 0 Å². The van der Waals surface area contributed by atoms with E-state index in [9.17, 15) is 8.42 Å². The van der Waals surface area contributed by atoms with Crippen LogP contribution in [-0.2, 0) is 28.5 Å². The predicted molar refractivity (Wildman–Crippen MR) is 136 cm³/mol. The van der Waals surface area contributed by atoms with Crippen LogP contribution in [0.5, 0.6) is 0 Å². The standard InChI is InChI=1S/C23H33ClN6O3S/c1-33-12-11-30-9-7-16-5-6-19(13-17(16)8-10-30)27-23-25-15-20(24)22(29-23)28-21-4-2-3-18(21)14-26-34(31)32/h5-6,13,15,18,21,34H,2-4,7-12,14H2,1H3,(H,26,31,32)(H2,25,27,28,29). The third-order valence-electron chi connectivity index (χ3n) is 6.68. The number of fused-ring (bicyclic) bond motifs is 1. The van der Waals surface area contributed by atoms with E-state index in [0.29, 0.717) is 23.3 Å². The van der Waals surface area contributed by atoms with Gasteiger partial charge in [-0.3, -0.25) is 0 Å². The Balaban J connectivity index is 1.41. The highest BCUT2D eigenvalue weighted by Gasteiger charge is 2.28. The van der Waals surface area contributed by atoms with Gasteiger partial charge in [-0.05, 0) is 54.9 Å². The fourth-order valence-electron chi connectivity index (χ4n) is 4.79. The van der Waals surface area contributed by atoms with Crippen molar-refractivity contribution in [2.45, 2.75) is 38.1 Å². The summed E-state index contributed by atoms with van der Waals surface area (Å²) in [5.74, 6) is 1.23. The van der Waals surface area contributed by atoms with Crippen molar-refractivity contribution in [3.05, 3.63) is 40.5 Å². The summed E-state index contributed by atoms with van der Waals surface area (Å²) in [6.45, 7) is 4.19. The lowest BCUT2D eigenvalue weighted by Gasteiger charge is -2.21. The lowest BCUT2D eigenvalue weighted by atomic mass is 10.0. The molecule has 1 aliphatic heterocycles. The van der Waals surface area contributed by atoms with Crippen molar-refractivity contribution in [1.29, 1.82) is 0 Å². The number of nitrogens with zero attached hydrogens (tertiary/aromatic N) is 3. The van der Waals surface area contributed by atoms with Gasteiger partial charge in [-0.2, -0.15) is 4.98 Å². The van der Waals surface area contributed by atoms with Crippen LogP contribution in [-0.4, -0.2) is 69.2 Å². The number of hydrogen-bond donors (Lipinski definition) is 4. The molecule has 186 valence electrons. The number of ether oxygens (including phenoxy) is 1. The van der Waals surface area contributed by atoms with Crippen molar-refractivity contribution in [2.24, 2.45) is 5.92 Å². The van der Waals surface area contributed by atoms with Crippen molar-refractivity contribution in [3.8, 4) is 0 Å². The van der Waals surface area contributed by atoms with Crippen molar-refractivity contribution in [3.63, 3.8) is 0 Å². The molecular weight excluding hydrogens is 476 g/mol. The number of anilines is 3. The van der Waals surface area contributed by atoms with Crippen LogP contribution in [0, 0.1) is 5.92 Å². The predicted octanol–water partition coefficient (Wildman–Crippen LogP) is 2.62. The van der Waals surface area contributed by atoms with Crippen LogP contribution in [0.3, 0.4) is 0 Å². The second-order valence-electron chi connectivity index (χ2n) is 8.89. The molecule has 1 saturated carbocycles. The van der Waals surface area contributed by atoms with Gasteiger partial charge in [0.2, 0.25) is 16.8 Å². The molecule has 0 spiro atoms. The zero-order valence-corrected chi connectivity index (χ0v) is 21.1. The van der Waals surface area contributed by atoms with E-state index in [4.69, 9.17) is 16.3 Å². The minimum absolute atomic E-state index is 0.108. The van der Waals surface area contributed by atoms with Gasteiger partial charge in [0.05, 0.1) is 12.8 Å². The Morgan fingerprint density at radius 2 is 2.03 bits per heavy atom. The van der Waals surface area contributed by atoms with E-state index in [1.807, 2.05) is 0 Å². The van der Waals surface area contributed by atoms with E-state index in [2.05, 4.69) is 48.4 Å². The fraction of sp³-hybridized carbons (Fsp3) is 0.565. The van der Waals surface area contributed by atoms with Crippen LogP contribution in [0.25, 0.3) is 0 Å². The number of halogens is 1. The summed E-state index contributed by atoms with van der Waals surface area (Å²) in [5.41, 5.74) is 3.67. The first-order chi connectivity index (χ1) is 16.5. The van der Waals surface area contributed by atoms with E-state index in [1.54, 1.807) is 13.3 Å². The quantitative estimate of drug-likeness (QED) is 0.363. The van der Waals surface area contributed by atoms with Gasteiger partial charge in [0.15, 0.2) is 5.82 Å². The number of benzene rings is 1. The molecule has 4 rings (SSSR count). The highest BCUT2D eigenvalue weighted by molar-refractivity contribution is 7.70. The first kappa shape index (κ1) is 25.1. The maximum absolute atomic E-state index is 10.9. The van der Waals surface area contributed by atoms with Crippen molar-refractivity contribution in [2.75, 3.05) is 50.5 Å². The van der Waals surface area contributed by atoms with E-state index in [0.717, 1.165) is 64.0 Å². The first-order valence-corrected chi connectivity index (χ1v) is 13.3. The summed E-state index contributed by atoms with van der Waals surface area (Å²) < 4.78 is 29.6. The van der Waals surface area contributed by atoms with Crippen LogP contribution < -0.4 is 15.4 Å². The monoisotopic (exact) mass is 508 g/mol. The number of rotatable bonds is 10. The third-order valence-corrected chi connectivity index (χ3v) is 7.39. The molecule has 1 aliphatic carbocycles. The average molecular weight is 509 g/mol. The largest absolute Gasteiger partial charge is 0.383 e. The number of aromatic nitrogens is 2. The molecule has 2 unspecified atom stereocenters. The minimum atomic E-state index is -2.59. The normalized spacial score (nSPS) is 20.8. The van der Waals surface area contributed by atoms with Crippen molar-refractivity contribution >= 4 is 39.9 Å². The average Bonchev–Trinajstić information content (AvgIpc) is 3.16. The number of hydrogen-bond acceptors (Lipinski definition) is 8. The Morgan fingerprint density at radius 3 is 2.82 bits per heavy atom. The van der Waals surface area contributed by atoms with Crippen LogP contribution >= 0.6 is 11.6 Å². The summed E-state index contributed by atoms with van der Waals surface area (Å²) in [5, 5.41) is 7.17.